The number of hydrogen-bond acceptors (Lipinski definition) is 0. The molecule has 0 nitrogen and oxygen atoms in total. The molecule has 2 atom stereocenters. The highest BCUT2D eigenvalue weighted by Crippen LogP contribution is 2.46. The van der Waals surface area contributed by atoms with Crippen LogP contribution in [0.4, 0.5) is 4.39 Å². The minimum atomic E-state index is -0.827. The van der Waals surface area contributed by atoms with Crippen LogP contribution in [0.5, 0.6) is 0 Å². The number of allylic oxidation sites excluding steroid dienone is 8. The van der Waals surface area contributed by atoms with Crippen LogP contribution in [0.2, 0.25) is 18.6 Å². The second kappa shape index (κ2) is 5.61. The van der Waals surface area contributed by atoms with Gasteiger partial charge in [0.1, 0.15) is 5.82 Å². The van der Waals surface area contributed by atoms with Gasteiger partial charge in [-0.1, -0.05) is 67.2 Å². The Morgan fingerprint density at radius 2 is 1.81 bits per heavy atom. The molecule has 3 rings (SSSR count). The van der Waals surface area contributed by atoms with Gasteiger partial charge in [0, 0.05) is 14.7 Å². The van der Waals surface area contributed by atoms with Gasteiger partial charge in [-0.05, 0) is 35.2 Å². The molecule has 0 amide bonds. The Hall–Kier alpha value is -1.67. The first-order valence-corrected chi connectivity index (χ1v) is 10.6. The minimum Gasteiger partial charge on any atom is -0.207 e. The second-order valence-corrected chi connectivity index (χ2v) is 9.42. The van der Waals surface area contributed by atoms with Crippen molar-refractivity contribution in [2.45, 2.75) is 31.5 Å². The molecule has 0 aliphatic heterocycles. The van der Waals surface area contributed by atoms with Gasteiger partial charge in [0.15, 0.2) is 0 Å². The molecule has 0 spiro atoms. The van der Waals surface area contributed by atoms with Crippen LogP contribution in [0.25, 0.3) is 0 Å². The molecule has 0 saturated heterocycles. The predicted molar refractivity (Wildman–Crippen MR) is 90.8 cm³/mol. The first-order chi connectivity index (χ1) is 10.1. The van der Waals surface area contributed by atoms with Crippen molar-refractivity contribution in [2.24, 2.45) is 0 Å². The number of benzene rings is 1. The molecule has 0 saturated carbocycles. The van der Waals surface area contributed by atoms with Gasteiger partial charge in [0.25, 0.3) is 0 Å². The van der Waals surface area contributed by atoms with E-state index in [-0.39, 0.29) is 11.7 Å². The van der Waals surface area contributed by atoms with Crippen LogP contribution >= 0.6 is 0 Å². The summed E-state index contributed by atoms with van der Waals surface area (Å²) in [6.07, 6.45) is 10.8. The zero-order chi connectivity index (χ0) is 15.0. The van der Waals surface area contributed by atoms with Crippen LogP contribution in [0.1, 0.15) is 18.4 Å². The summed E-state index contributed by atoms with van der Waals surface area (Å²) in [6, 6.07) is 7.14. The maximum Gasteiger partial charge on any atom is 0.127 e. The van der Waals surface area contributed by atoms with E-state index < -0.39 is 8.80 Å². The van der Waals surface area contributed by atoms with Crippen LogP contribution in [-0.2, 0) is 0 Å². The van der Waals surface area contributed by atoms with E-state index in [1.807, 2.05) is 12.1 Å². The quantitative estimate of drug-likeness (QED) is 0.662. The maximum atomic E-state index is 14.2. The first-order valence-electron chi connectivity index (χ1n) is 7.61. The van der Waals surface area contributed by atoms with Gasteiger partial charge in [-0.3, -0.25) is 0 Å². The molecular weight excluding hydrogens is 275 g/mol. The van der Waals surface area contributed by atoms with Crippen LogP contribution in [0.3, 0.4) is 0 Å². The normalized spacial score (nSPS) is 24.3. The highest BCUT2D eigenvalue weighted by atomic mass is 28.3. The Morgan fingerprint density at radius 1 is 1.05 bits per heavy atom. The summed E-state index contributed by atoms with van der Waals surface area (Å²) in [5, 5.41) is 0. The molecule has 0 fully saturated rings. The van der Waals surface area contributed by atoms with Crippen molar-refractivity contribution < 1.29 is 4.39 Å². The maximum absolute atomic E-state index is 14.2. The summed E-state index contributed by atoms with van der Waals surface area (Å²) < 4.78 is 14.2. The van der Waals surface area contributed by atoms with E-state index in [1.54, 1.807) is 12.1 Å². The molecular formula is C19H21FSi. The van der Waals surface area contributed by atoms with E-state index >= 15 is 0 Å². The lowest BCUT2D eigenvalue weighted by molar-refractivity contribution is 0.608. The molecule has 0 heterocycles. The molecule has 0 radical (unpaired) electrons. The summed E-state index contributed by atoms with van der Waals surface area (Å²) >= 11 is 0. The molecule has 0 N–H and O–H groups in total. The van der Waals surface area contributed by atoms with Crippen LogP contribution < -0.4 is 0 Å². The summed E-state index contributed by atoms with van der Waals surface area (Å²) in [7, 11) is -0.827. The predicted octanol–water partition coefficient (Wildman–Crippen LogP) is 5.15. The molecule has 2 unspecified atom stereocenters. The largest absolute Gasteiger partial charge is 0.207 e. The summed E-state index contributed by atoms with van der Waals surface area (Å²) in [4.78, 5) is 0. The van der Waals surface area contributed by atoms with Gasteiger partial charge in [0.05, 0.1) is 0 Å². The summed E-state index contributed by atoms with van der Waals surface area (Å²) in [5.74, 6) is -0.0823. The average Bonchev–Trinajstić information content (AvgIpc) is 2.64. The topological polar surface area (TPSA) is 0 Å². The Labute approximate surface area is 128 Å². The Morgan fingerprint density at radius 3 is 2.52 bits per heavy atom. The summed E-state index contributed by atoms with van der Waals surface area (Å²) in [6.45, 7) is 7.01. The Bertz CT molecular complexity index is 677. The second-order valence-electron chi connectivity index (χ2n) is 6.26. The van der Waals surface area contributed by atoms with Gasteiger partial charge >= 0.3 is 0 Å². The highest BCUT2D eigenvalue weighted by molar-refractivity contribution is 6.59. The molecule has 1 aromatic rings. The molecule has 1 aromatic carbocycles. The number of halogens is 1. The standard InChI is InChI=1S/C19H21FSi/c1-13-12-17-14(15-9-6-7-11-18(15)20)8-4-5-10-16(17)19(13)21(2)3/h4-12,14,19,21H,1-3H3. The molecule has 0 bridgehead atoms. The highest BCUT2D eigenvalue weighted by Gasteiger charge is 2.31. The van der Waals surface area contributed by atoms with Crippen molar-refractivity contribution in [3.8, 4) is 0 Å². The zero-order valence-corrected chi connectivity index (χ0v) is 14.0. The van der Waals surface area contributed by atoms with E-state index in [0.717, 1.165) is 5.56 Å². The molecule has 2 aliphatic carbocycles. The third-order valence-electron chi connectivity index (χ3n) is 4.47. The van der Waals surface area contributed by atoms with Crippen LogP contribution in [0, 0.1) is 5.82 Å². The molecule has 21 heavy (non-hydrogen) atoms. The van der Waals surface area contributed by atoms with E-state index in [1.165, 1.54) is 16.7 Å². The Kier molecular flexibility index (Phi) is 3.81. The third-order valence-corrected chi connectivity index (χ3v) is 6.69. The lowest BCUT2D eigenvalue weighted by Crippen LogP contribution is -2.13. The SMILES string of the molecule is CC1=CC2=C(C=CC=CC2c2ccccc2F)C1[SiH](C)C. The molecule has 108 valence electrons. The van der Waals surface area contributed by atoms with E-state index in [4.69, 9.17) is 0 Å². The monoisotopic (exact) mass is 296 g/mol. The van der Waals surface area contributed by atoms with Crippen molar-refractivity contribution in [1.29, 1.82) is 0 Å². The van der Waals surface area contributed by atoms with Gasteiger partial charge in [-0.25, -0.2) is 4.39 Å². The van der Waals surface area contributed by atoms with Crippen molar-refractivity contribution in [2.75, 3.05) is 0 Å². The number of hydrogen-bond donors (Lipinski definition) is 0. The lowest BCUT2D eigenvalue weighted by Gasteiger charge is -2.20. The van der Waals surface area contributed by atoms with E-state index in [9.17, 15) is 4.39 Å². The van der Waals surface area contributed by atoms with Crippen molar-refractivity contribution in [3.05, 3.63) is 82.7 Å². The van der Waals surface area contributed by atoms with Gasteiger partial charge < -0.3 is 0 Å². The molecule has 0 aromatic heterocycles. The number of rotatable bonds is 2. The van der Waals surface area contributed by atoms with Crippen LogP contribution in [-0.4, -0.2) is 8.80 Å². The minimum absolute atomic E-state index is 0.0314. The van der Waals surface area contributed by atoms with E-state index in [2.05, 4.69) is 50.4 Å². The van der Waals surface area contributed by atoms with E-state index in [0.29, 0.717) is 5.54 Å². The van der Waals surface area contributed by atoms with Gasteiger partial charge in [0.2, 0.25) is 0 Å². The average molecular weight is 296 g/mol. The fraction of sp³-hybridized carbons (Fsp3) is 0.263. The zero-order valence-electron chi connectivity index (χ0n) is 12.8. The van der Waals surface area contributed by atoms with Crippen molar-refractivity contribution in [3.63, 3.8) is 0 Å². The fourth-order valence-corrected chi connectivity index (χ4v) is 5.80. The van der Waals surface area contributed by atoms with Crippen LogP contribution in [0.15, 0.2) is 71.4 Å². The first kappa shape index (κ1) is 14.3. The van der Waals surface area contributed by atoms with Crippen molar-refractivity contribution >= 4 is 8.80 Å². The van der Waals surface area contributed by atoms with Gasteiger partial charge in [-0.2, -0.15) is 0 Å². The van der Waals surface area contributed by atoms with Gasteiger partial charge in [-0.15, -0.1) is 0 Å². The molecule has 2 aliphatic rings. The fourth-order valence-electron chi connectivity index (χ4n) is 3.63. The lowest BCUT2D eigenvalue weighted by atomic mass is 9.89. The smallest absolute Gasteiger partial charge is 0.127 e. The Balaban J connectivity index is 2.13. The summed E-state index contributed by atoms with van der Waals surface area (Å²) in [5.41, 5.74) is 5.51. The molecule has 2 heteroatoms. The third kappa shape index (κ3) is 2.49. The van der Waals surface area contributed by atoms with Crippen molar-refractivity contribution in [1.82, 2.24) is 0 Å².